The van der Waals surface area contributed by atoms with Gasteiger partial charge in [-0.05, 0) is 49.9 Å². The van der Waals surface area contributed by atoms with Crippen LogP contribution >= 0.6 is 0 Å². The van der Waals surface area contributed by atoms with E-state index in [0.717, 1.165) is 44.5 Å². The van der Waals surface area contributed by atoms with Crippen molar-refractivity contribution in [2.24, 2.45) is 0 Å². The third-order valence-corrected chi connectivity index (χ3v) is 5.53. The lowest BCUT2D eigenvalue weighted by atomic mass is 10.0. The van der Waals surface area contributed by atoms with Gasteiger partial charge in [0.2, 0.25) is 5.91 Å². The smallest absolute Gasteiger partial charge is 0.253 e. The van der Waals surface area contributed by atoms with Gasteiger partial charge in [0, 0.05) is 51.8 Å². The molecule has 2 aliphatic heterocycles. The summed E-state index contributed by atoms with van der Waals surface area (Å²) in [5, 5.41) is 0. The maximum Gasteiger partial charge on any atom is 0.253 e. The van der Waals surface area contributed by atoms with Crippen molar-refractivity contribution in [3.8, 4) is 0 Å². The molecule has 3 rings (SSSR count). The number of rotatable bonds is 4. The molecule has 1 aromatic carbocycles. The summed E-state index contributed by atoms with van der Waals surface area (Å²) < 4.78 is 0. The topological polar surface area (TPSA) is 43.9 Å². The number of benzene rings is 1. The summed E-state index contributed by atoms with van der Waals surface area (Å²) >= 11 is 0. The Morgan fingerprint density at radius 1 is 1.12 bits per heavy atom. The largest absolute Gasteiger partial charge is 0.345 e. The van der Waals surface area contributed by atoms with Crippen molar-refractivity contribution in [1.82, 2.24) is 14.7 Å². The quantitative estimate of drug-likeness (QED) is 0.843. The molecule has 136 valence electrons. The summed E-state index contributed by atoms with van der Waals surface area (Å²) in [6, 6.07) is 8.75. The molecule has 2 aliphatic rings. The van der Waals surface area contributed by atoms with Crippen molar-refractivity contribution in [1.29, 1.82) is 0 Å². The Balaban J connectivity index is 1.73. The summed E-state index contributed by atoms with van der Waals surface area (Å²) in [5.74, 6) is 0.242. The van der Waals surface area contributed by atoms with Crippen LogP contribution in [-0.4, -0.2) is 65.8 Å². The van der Waals surface area contributed by atoms with Crippen LogP contribution in [0.5, 0.6) is 0 Å². The van der Waals surface area contributed by atoms with E-state index in [-0.39, 0.29) is 11.8 Å². The normalized spacial score (nSPS) is 23.9. The average molecular weight is 343 g/mol. The highest BCUT2D eigenvalue weighted by Crippen LogP contribution is 2.31. The molecule has 5 heteroatoms. The van der Waals surface area contributed by atoms with Crippen molar-refractivity contribution < 1.29 is 9.59 Å². The van der Waals surface area contributed by atoms with E-state index in [9.17, 15) is 9.59 Å². The highest BCUT2D eigenvalue weighted by Gasteiger charge is 2.38. The number of amides is 2. The van der Waals surface area contributed by atoms with Crippen LogP contribution in [0.4, 0.5) is 0 Å². The van der Waals surface area contributed by atoms with Gasteiger partial charge in [0.1, 0.15) is 0 Å². The first kappa shape index (κ1) is 17.9. The molecular formula is C20H29N3O2. The maximum absolute atomic E-state index is 12.2. The van der Waals surface area contributed by atoms with Gasteiger partial charge in [-0.15, -0.1) is 0 Å². The Bertz CT molecular complexity index is 644. The van der Waals surface area contributed by atoms with E-state index in [1.54, 1.807) is 25.9 Å². The molecule has 0 spiro atoms. The van der Waals surface area contributed by atoms with Gasteiger partial charge in [-0.3, -0.25) is 14.5 Å². The first-order chi connectivity index (χ1) is 12.0. The number of nitrogens with zero attached hydrogens (tertiary/aromatic N) is 3. The minimum atomic E-state index is 0.0402. The molecule has 2 atom stereocenters. The molecule has 2 saturated heterocycles. The van der Waals surface area contributed by atoms with Gasteiger partial charge in [0.15, 0.2) is 0 Å². The minimum absolute atomic E-state index is 0.0402. The minimum Gasteiger partial charge on any atom is -0.345 e. The zero-order valence-electron chi connectivity index (χ0n) is 15.6. The summed E-state index contributed by atoms with van der Waals surface area (Å²) in [6.45, 7) is 4.51. The number of carbonyl (C=O) groups excluding carboxylic acids is 2. The lowest BCUT2D eigenvalue weighted by Gasteiger charge is -2.34. The lowest BCUT2D eigenvalue weighted by molar-refractivity contribution is -0.130. The first-order valence-corrected chi connectivity index (χ1v) is 9.29. The van der Waals surface area contributed by atoms with Crippen LogP contribution in [0.15, 0.2) is 24.3 Å². The van der Waals surface area contributed by atoms with Gasteiger partial charge < -0.3 is 9.80 Å². The molecule has 25 heavy (non-hydrogen) atoms. The summed E-state index contributed by atoms with van der Waals surface area (Å²) in [5.41, 5.74) is 1.91. The van der Waals surface area contributed by atoms with E-state index in [1.165, 1.54) is 12.0 Å². The van der Waals surface area contributed by atoms with E-state index in [1.807, 2.05) is 18.2 Å². The van der Waals surface area contributed by atoms with E-state index in [4.69, 9.17) is 0 Å². The van der Waals surface area contributed by atoms with Gasteiger partial charge in [-0.1, -0.05) is 12.1 Å². The molecule has 1 aromatic rings. The Morgan fingerprint density at radius 2 is 1.84 bits per heavy atom. The first-order valence-electron chi connectivity index (χ1n) is 9.29. The fourth-order valence-electron chi connectivity index (χ4n) is 4.36. The molecule has 2 heterocycles. The zero-order valence-corrected chi connectivity index (χ0v) is 15.6. The number of likely N-dealkylation sites (tertiary alicyclic amines) is 2. The Kier molecular flexibility index (Phi) is 5.42. The standard InChI is InChI=1S/C20H29N3O2/c1-15(24)23-12-6-10-19(23)18-9-5-11-22(18)14-16-7-4-8-17(13-16)20(25)21(2)3/h4,7-8,13,18-19H,5-6,9-12,14H2,1-3H3/t18-,19+/m1/s1. The van der Waals surface area contributed by atoms with Gasteiger partial charge in [0.05, 0.1) is 0 Å². The number of hydrogen-bond acceptors (Lipinski definition) is 3. The van der Waals surface area contributed by atoms with Crippen LogP contribution in [0.2, 0.25) is 0 Å². The Labute approximate surface area is 150 Å². The van der Waals surface area contributed by atoms with E-state index < -0.39 is 0 Å². The number of hydrogen-bond donors (Lipinski definition) is 0. The second-order valence-corrected chi connectivity index (χ2v) is 7.50. The summed E-state index contributed by atoms with van der Waals surface area (Å²) in [6.07, 6.45) is 4.56. The van der Waals surface area contributed by atoms with Gasteiger partial charge in [-0.25, -0.2) is 0 Å². The van der Waals surface area contributed by atoms with Crippen molar-refractivity contribution in [2.45, 2.75) is 51.2 Å². The van der Waals surface area contributed by atoms with Crippen molar-refractivity contribution in [3.63, 3.8) is 0 Å². The maximum atomic E-state index is 12.2. The van der Waals surface area contributed by atoms with Crippen molar-refractivity contribution in [3.05, 3.63) is 35.4 Å². The second-order valence-electron chi connectivity index (χ2n) is 7.50. The van der Waals surface area contributed by atoms with Crippen molar-refractivity contribution >= 4 is 11.8 Å². The highest BCUT2D eigenvalue weighted by molar-refractivity contribution is 5.94. The monoisotopic (exact) mass is 343 g/mol. The van der Waals surface area contributed by atoms with E-state index in [2.05, 4.69) is 15.9 Å². The fourth-order valence-corrected chi connectivity index (χ4v) is 4.36. The molecular weight excluding hydrogens is 314 g/mol. The van der Waals surface area contributed by atoms with Crippen molar-refractivity contribution in [2.75, 3.05) is 27.2 Å². The predicted octanol–water partition coefficient (Wildman–Crippen LogP) is 2.36. The third-order valence-electron chi connectivity index (χ3n) is 5.53. The van der Waals surface area contributed by atoms with E-state index in [0.29, 0.717) is 12.1 Å². The fraction of sp³-hybridized carbons (Fsp3) is 0.600. The van der Waals surface area contributed by atoms with Crippen LogP contribution < -0.4 is 0 Å². The van der Waals surface area contributed by atoms with Crippen LogP contribution in [0.3, 0.4) is 0 Å². The van der Waals surface area contributed by atoms with E-state index >= 15 is 0 Å². The zero-order chi connectivity index (χ0) is 18.0. The second kappa shape index (κ2) is 7.56. The van der Waals surface area contributed by atoms with Gasteiger partial charge in [-0.2, -0.15) is 0 Å². The van der Waals surface area contributed by atoms with Crippen LogP contribution in [0, 0.1) is 0 Å². The summed E-state index contributed by atoms with van der Waals surface area (Å²) in [7, 11) is 3.56. The molecule has 0 unspecified atom stereocenters. The SMILES string of the molecule is CC(=O)N1CCC[C@H]1[C@H]1CCCN1Cc1cccc(C(=O)N(C)C)c1. The van der Waals surface area contributed by atoms with Crippen LogP contribution in [0.25, 0.3) is 0 Å². The number of carbonyl (C=O) groups is 2. The summed E-state index contributed by atoms with van der Waals surface area (Å²) in [4.78, 5) is 30.3. The predicted molar refractivity (Wildman–Crippen MR) is 98.3 cm³/mol. The Morgan fingerprint density at radius 3 is 2.56 bits per heavy atom. The Hall–Kier alpha value is -1.88. The average Bonchev–Trinajstić information content (AvgIpc) is 3.22. The molecule has 0 radical (unpaired) electrons. The highest BCUT2D eigenvalue weighted by atomic mass is 16.2. The molecule has 2 fully saturated rings. The van der Waals surface area contributed by atoms with Gasteiger partial charge in [0.25, 0.3) is 5.91 Å². The molecule has 0 saturated carbocycles. The lowest BCUT2D eigenvalue weighted by Crippen LogP contribution is -2.47. The molecule has 0 aromatic heterocycles. The molecule has 5 nitrogen and oxygen atoms in total. The molecule has 0 bridgehead atoms. The van der Waals surface area contributed by atoms with Gasteiger partial charge >= 0.3 is 0 Å². The third kappa shape index (κ3) is 3.87. The van der Waals surface area contributed by atoms with Crippen LogP contribution in [-0.2, 0) is 11.3 Å². The molecule has 0 N–H and O–H groups in total. The molecule has 2 amide bonds. The molecule has 0 aliphatic carbocycles. The van der Waals surface area contributed by atoms with Crippen LogP contribution in [0.1, 0.15) is 48.5 Å².